The lowest BCUT2D eigenvalue weighted by Crippen LogP contribution is -2.39. The van der Waals surface area contributed by atoms with Crippen LogP contribution in [0.1, 0.15) is 15.9 Å². The summed E-state index contributed by atoms with van der Waals surface area (Å²) in [7, 11) is 2.90. The molecule has 7 nitrogen and oxygen atoms in total. The number of nitrogens with one attached hydrogen (secondary N) is 2. The van der Waals surface area contributed by atoms with Gasteiger partial charge in [0.25, 0.3) is 11.5 Å². The number of carbonyl (C=O) groups is 1. The number of benzene rings is 1. The molecule has 0 aliphatic carbocycles. The van der Waals surface area contributed by atoms with Crippen molar-refractivity contribution in [2.24, 2.45) is 7.05 Å². The van der Waals surface area contributed by atoms with E-state index in [0.29, 0.717) is 13.0 Å². The zero-order valence-electron chi connectivity index (χ0n) is 12.4. The first kappa shape index (κ1) is 15.6. The van der Waals surface area contributed by atoms with Gasteiger partial charge in [0.1, 0.15) is 11.3 Å². The lowest BCUT2D eigenvalue weighted by Gasteiger charge is -2.07. The van der Waals surface area contributed by atoms with E-state index in [9.17, 15) is 14.4 Å². The zero-order valence-corrected chi connectivity index (χ0v) is 12.4. The molecule has 2 rings (SSSR count). The fraction of sp³-hybridized carbons (Fsp3) is 0.267. The summed E-state index contributed by atoms with van der Waals surface area (Å²) in [4.78, 5) is 37.4. The van der Waals surface area contributed by atoms with E-state index in [1.165, 1.54) is 7.05 Å². The minimum absolute atomic E-state index is 0.0901. The summed E-state index contributed by atoms with van der Waals surface area (Å²) in [5.41, 5.74) is -0.262. The highest BCUT2D eigenvalue weighted by molar-refractivity contribution is 5.93. The highest BCUT2D eigenvalue weighted by atomic mass is 16.5. The molecule has 2 N–H and O–H groups in total. The lowest BCUT2D eigenvalue weighted by molar-refractivity contribution is 0.0951. The Kier molecular flexibility index (Phi) is 4.77. The van der Waals surface area contributed by atoms with Crippen LogP contribution in [0.5, 0.6) is 5.75 Å². The van der Waals surface area contributed by atoms with Crippen molar-refractivity contribution in [1.82, 2.24) is 14.9 Å². The SMILES string of the molecule is COc1cccc(CCNC(=O)c2c[nH]c(=O)n(C)c2=O)c1. The third kappa shape index (κ3) is 3.43. The number of carbonyl (C=O) groups excluding carboxylic acids is 1. The van der Waals surface area contributed by atoms with Gasteiger partial charge in [-0.2, -0.15) is 0 Å². The minimum atomic E-state index is -0.623. The number of ether oxygens (including phenoxy) is 1. The van der Waals surface area contributed by atoms with Crippen LogP contribution in [0.15, 0.2) is 40.1 Å². The molecule has 7 heteroatoms. The van der Waals surface area contributed by atoms with Gasteiger partial charge in [0, 0.05) is 19.8 Å². The summed E-state index contributed by atoms with van der Waals surface area (Å²) >= 11 is 0. The van der Waals surface area contributed by atoms with Crippen molar-refractivity contribution >= 4 is 5.91 Å². The zero-order chi connectivity index (χ0) is 16.1. The van der Waals surface area contributed by atoms with Gasteiger partial charge in [-0.15, -0.1) is 0 Å². The molecule has 0 spiro atoms. The van der Waals surface area contributed by atoms with Crippen LogP contribution in [0.25, 0.3) is 0 Å². The molecular formula is C15H17N3O4. The molecule has 1 aromatic heterocycles. The summed E-state index contributed by atoms with van der Waals surface area (Å²) in [6.45, 7) is 0.369. The van der Waals surface area contributed by atoms with Crippen LogP contribution in [-0.4, -0.2) is 29.1 Å². The number of aromatic nitrogens is 2. The molecule has 22 heavy (non-hydrogen) atoms. The van der Waals surface area contributed by atoms with Gasteiger partial charge >= 0.3 is 5.69 Å². The smallest absolute Gasteiger partial charge is 0.328 e. The average molecular weight is 303 g/mol. The molecule has 0 saturated carbocycles. The van der Waals surface area contributed by atoms with Crippen molar-refractivity contribution in [1.29, 1.82) is 0 Å². The van der Waals surface area contributed by atoms with Crippen LogP contribution in [0.2, 0.25) is 0 Å². The molecule has 0 bridgehead atoms. The quantitative estimate of drug-likeness (QED) is 0.816. The summed E-state index contributed by atoms with van der Waals surface area (Å²) in [6, 6.07) is 7.51. The van der Waals surface area contributed by atoms with Gasteiger partial charge in [-0.25, -0.2) is 4.79 Å². The molecule has 1 aromatic carbocycles. The highest BCUT2D eigenvalue weighted by Gasteiger charge is 2.12. The van der Waals surface area contributed by atoms with E-state index >= 15 is 0 Å². The Morgan fingerprint density at radius 1 is 1.36 bits per heavy atom. The summed E-state index contributed by atoms with van der Waals surface area (Å²) in [5, 5.41) is 2.66. The first-order valence-corrected chi connectivity index (χ1v) is 6.72. The van der Waals surface area contributed by atoms with Gasteiger partial charge in [0.2, 0.25) is 0 Å². The Morgan fingerprint density at radius 2 is 2.14 bits per heavy atom. The monoisotopic (exact) mass is 303 g/mol. The van der Waals surface area contributed by atoms with Crippen LogP contribution in [0.4, 0.5) is 0 Å². The van der Waals surface area contributed by atoms with Gasteiger partial charge in [0.05, 0.1) is 7.11 Å². The third-order valence-corrected chi connectivity index (χ3v) is 3.26. The van der Waals surface area contributed by atoms with Crippen molar-refractivity contribution in [2.75, 3.05) is 13.7 Å². The molecule has 116 valence electrons. The van der Waals surface area contributed by atoms with Crippen molar-refractivity contribution in [3.8, 4) is 5.75 Å². The van der Waals surface area contributed by atoms with Gasteiger partial charge in [-0.1, -0.05) is 12.1 Å². The molecule has 0 atom stereocenters. The number of methoxy groups -OCH3 is 1. The first-order chi connectivity index (χ1) is 10.5. The van der Waals surface area contributed by atoms with Crippen molar-refractivity contribution in [3.63, 3.8) is 0 Å². The average Bonchev–Trinajstić information content (AvgIpc) is 2.53. The van der Waals surface area contributed by atoms with Gasteiger partial charge < -0.3 is 15.0 Å². The second kappa shape index (κ2) is 6.75. The number of rotatable bonds is 5. The van der Waals surface area contributed by atoms with Crippen LogP contribution < -0.4 is 21.3 Å². The Hall–Kier alpha value is -2.83. The molecule has 1 heterocycles. The molecule has 1 amide bonds. The maximum absolute atomic E-state index is 12.0. The molecule has 2 aromatic rings. The van der Waals surface area contributed by atoms with Crippen LogP contribution in [-0.2, 0) is 13.5 Å². The van der Waals surface area contributed by atoms with Gasteiger partial charge in [0.15, 0.2) is 0 Å². The number of amides is 1. The predicted molar refractivity (Wildman–Crippen MR) is 81.3 cm³/mol. The summed E-state index contributed by atoms with van der Waals surface area (Å²) < 4.78 is 5.98. The normalized spacial score (nSPS) is 10.3. The van der Waals surface area contributed by atoms with Crippen LogP contribution >= 0.6 is 0 Å². The molecule has 0 radical (unpaired) electrons. The fourth-order valence-electron chi connectivity index (χ4n) is 1.97. The number of aromatic amines is 1. The Labute approximate surface area is 126 Å². The van der Waals surface area contributed by atoms with Crippen LogP contribution in [0.3, 0.4) is 0 Å². The standard InChI is InChI=1S/C15H17N3O4/c1-18-14(20)12(9-17-15(18)21)13(19)16-7-6-10-4-3-5-11(8-10)22-2/h3-5,8-9H,6-7H2,1-2H3,(H,16,19)(H,17,21). The van der Waals surface area contributed by atoms with E-state index in [0.717, 1.165) is 22.1 Å². The second-order valence-electron chi connectivity index (χ2n) is 4.73. The predicted octanol–water partition coefficient (Wildman–Crippen LogP) is 0.0547. The van der Waals surface area contributed by atoms with E-state index in [1.807, 2.05) is 24.3 Å². The summed E-state index contributed by atoms with van der Waals surface area (Å²) in [5.74, 6) is 0.234. The minimum Gasteiger partial charge on any atom is -0.497 e. The highest BCUT2D eigenvalue weighted by Crippen LogP contribution is 2.12. The Morgan fingerprint density at radius 3 is 2.86 bits per heavy atom. The molecule has 0 unspecified atom stereocenters. The maximum Gasteiger partial charge on any atom is 0.328 e. The van der Waals surface area contributed by atoms with Crippen molar-refractivity contribution in [3.05, 3.63) is 62.4 Å². The third-order valence-electron chi connectivity index (χ3n) is 3.26. The molecule has 0 fully saturated rings. The number of H-pyrrole nitrogens is 1. The van der Waals surface area contributed by atoms with E-state index in [1.54, 1.807) is 7.11 Å². The molecule has 0 saturated heterocycles. The van der Waals surface area contributed by atoms with E-state index in [4.69, 9.17) is 4.74 Å². The van der Waals surface area contributed by atoms with Gasteiger partial charge in [-0.3, -0.25) is 14.2 Å². The Balaban J connectivity index is 2.00. The fourth-order valence-corrected chi connectivity index (χ4v) is 1.97. The first-order valence-electron chi connectivity index (χ1n) is 6.72. The number of nitrogens with zero attached hydrogens (tertiary/aromatic N) is 1. The lowest BCUT2D eigenvalue weighted by atomic mass is 10.1. The van der Waals surface area contributed by atoms with Gasteiger partial charge in [-0.05, 0) is 24.1 Å². The largest absolute Gasteiger partial charge is 0.497 e. The van der Waals surface area contributed by atoms with E-state index < -0.39 is 17.2 Å². The summed E-state index contributed by atoms with van der Waals surface area (Å²) in [6.07, 6.45) is 1.73. The maximum atomic E-state index is 12.0. The molecule has 0 aliphatic rings. The molecule has 0 aliphatic heterocycles. The second-order valence-corrected chi connectivity index (χ2v) is 4.73. The van der Waals surface area contributed by atoms with Crippen LogP contribution in [0, 0.1) is 0 Å². The van der Waals surface area contributed by atoms with E-state index in [2.05, 4.69) is 10.3 Å². The van der Waals surface area contributed by atoms with E-state index in [-0.39, 0.29) is 5.56 Å². The molecular weight excluding hydrogens is 286 g/mol. The van der Waals surface area contributed by atoms with Crippen molar-refractivity contribution in [2.45, 2.75) is 6.42 Å². The number of hydrogen-bond donors (Lipinski definition) is 2. The Bertz CT molecular complexity index is 792. The topological polar surface area (TPSA) is 93.2 Å². The number of hydrogen-bond acceptors (Lipinski definition) is 4. The van der Waals surface area contributed by atoms with Crippen molar-refractivity contribution < 1.29 is 9.53 Å².